The second-order valence-corrected chi connectivity index (χ2v) is 2.93. The van der Waals surface area contributed by atoms with Crippen LogP contribution in [-0.2, 0) is 0 Å². The smallest absolute Gasteiger partial charge is 0.111 e. The van der Waals surface area contributed by atoms with Gasteiger partial charge in [-0.25, -0.2) is 0 Å². The molecule has 0 fully saturated rings. The normalized spacial score (nSPS) is 11.2. The maximum absolute atomic E-state index is 3.96. The van der Waals surface area contributed by atoms with Gasteiger partial charge in [0.25, 0.3) is 0 Å². The van der Waals surface area contributed by atoms with Gasteiger partial charge in [-0.2, -0.15) is 0 Å². The molecule has 0 atom stereocenters. The molecule has 0 heterocycles. The van der Waals surface area contributed by atoms with Crippen molar-refractivity contribution in [1.29, 1.82) is 0 Å². The number of benzene rings is 1. The molecule has 13 heavy (non-hydrogen) atoms. The molecule has 1 aromatic carbocycles. The Labute approximate surface area is 78.9 Å². The number of anilines is 1. The van der Waals surface area contributed by atoms with Crippen LogP contribution in [0.15, 0.2) is 29.3 Å². The van der Waals surface area contributed by atoms with Gasteiger partial charge in [-0.15, -0.1) is 0 Å². The third-order valence-corrected chi connectivity index (χ3v) is 1.77. The Morgan fingerprint density at radius 2 is 1.85 bits per heavy atom. The fourth-order valence-corrected chi connectivity index (χ4v) is 0.855. The number of hydrazine groups is 1. The lowest BCUT2D eigenvalue weighted by atomic mass is 10.2. The van der Waals surface area contributed by atoms with E-state index in [9.17, 15) is 0 Å². The van der Waals surface area contributed by atoms with Crippen molar-refractivity contribution in [1.82, 2.24) is 5.43 Å². The predicted molar refractivity (Wildman–Crippen MR) is 57.0 cm³/mol. The summed E-state index contributed by atoms with van der Waals surface area (Å²) in [5.41, 5.74) is 8.30. The van der Waals surface area contributed by atoms with Gasteiger partial charge in [-0.05, 0) is 26.0 Å². The van der Waals surface area contributed by atoms with Gasteiger partial charge < -0.3 is 0 Å². The fourth-order valence-electron chi connectivity index (χ4n) is 0.855. The van der Waals surface area contributed by atoms with Crippen molar-refractivity contribution < 1.29 is 0 Å². The van der Waals surface area contributed by atoms with Gasteiger partial charge in [0.1, 0.15) is 5.84 Å². The zero-order valence-electron chi connectivity index (χ0n) is 8.26. The van der Waals surface area contributed by atoms with E-state index in [0.29, 0.717) is 0 Å². The molecule has 2 N–H and O–H groups in total. The number of aryl methyl sites for hydroxylation is 1. The van der Waals surface area contributed by atoms with Crippen LogP contribution < -0.4 is 10.9 Å². The van der Waals surface area contributed by atoms with Crippen LogP contribution in [0.3, 0.4) is 0 Å². The van der Waals surface area contributed by atoms with Crippen LogP contribution in [0.5, 0.6) is 0 Å². The van der Waals surface area contributed by atoms with Crippen LogP contribution in [0.2, 0.25) is 0 Å². The molecule has 0 saturated heterocycles. The molecule has 1 aromatic rings. The molecule has 0 aliphatic heterocycles. The molecule has 0 saturated carbocycles. The van der Waals surface area contributed by atoms with Gasteiger partial charge in [0.05, 0.1) is 5.69 Å². The van der Waals surface area contributed by atoms with Gasteiger partial charge in [0.2, 0.25) is 0 Å². The topological polar surface area (TPSA) is 36.4 Å². The molecule has 0 aliphatic carbocycles. The average Bonchev–Trinajstić information content (AvgIpc) is 2.16. The Kier molecular flexibility index (Phi) is 3.31. The number of rotatable bonds is 2. The number of nitrogens with one attached hydrogen (secondary N) is 2. The highest BCUT2D eigenvalue weighted by molar-refractivity contribution is 5.80. The molecular formula is C10H15N3. The van der Waals surface area contributed by atoms with Gasteiger partial charge in [0.15, 0.2) is 0 Å². The minimum atomic E-state index is 0.862. The molecule has 3 heteroatoms. The SMILES string of the molecule is CN=C(C)NNc1ccc(C)cc1. The van der Waals surface area contributed by atoms with Crippen molar-refractivity contribution in [3.63, 3.8) is 0 Å². The third-order valence-electron chi connectivity index (χ3n) is 1.77. The maximum atomic E-state index is 3.96. The second kappa shape index (κ2) is 4.50. The highest BCUT2D eigenvalue weighted by atomic mass is 15.4. The highest BCUT2D eigenvalue weighted by Gasteiger charge is 1.90. The first kappa shape index (κ1) is 9.58. The summed E-state index contributed by atoms with van der Waals surface area (Å²) in [5.74, 6) is 0.862. The minimum Gasteiger partial charge on any atom is -0.300 e. The fraction of sp³-hybridized carbons (Fsp3) is 0.300. The second-order valence-electron chi connectivity index (χ2n) is 2.93. The van der Waals surface area contributed by atoms with Crippen LogP contribution in [0.4, 0.5) is 5.69 Å². The first-order valence-electron chi connectivity index (χ1n) is 4.24. The van der Waals surface area contributed by atoms with Crippen LogP contribution in [-0.4, -0.2) is 12.9 Å². The van der Waals surface area contributed by atoms with Crippen molar-refractivity contribution in [3.05, 3.63) is 29.8 Å². The van der Waals surface area contributed by atoms with Crippen LogP contribution in [0, 0.1) is 6.92 Å². The molecule has 0 spiro atoms. The van der Waals surface area contributed by atoms with Gasteiger partial charge in [0, 0.05) is 7.05 Å². The minimum absolute atomic E-state index is 0.862. The number of nitrogens with zero attached hydrogens (tertiary/aromatic N) is 1. The molecule has 0 bridgehead atoms. The van der Waals surface area contributed by atoms with E-state index in [0.717, 1.165) is 11.5 Å². The van der Waals surface area contributed by atoms with E-state index >= 15 is 0 Å². The molecule has 3 nitrogen and oxygen atoms in total. The Bertz CT molecular complexity index is 288. The summed E-state index contributed by atoms with van der Waals surface area (Å²) in [6.45, 7) is 3.97. The monoisotopic (exact) mass is 177 g/mol. The maximum Gasteiger partial charge on any atom is 0.111 e. The summed E-state index contributed by atoms with van der Waals surface area (Å²) in [6.07, 6.45) is 0. The van der Waals surface area contributed by atoms with E-state index < -0.39 is 0 Å². The van der Waals surface area contributed by atoms with Crippen LogP contribution >= 0.6 is 0 Å². The molecule has 0 aliphatic rings. The molecule has 0 amide bonds. The quantitative estimate of drug-likeness (QED) is 0.411. The summed E-state index contributed by atoms with van der Waals surface area (Å²) in [7, 11) is 1.75. The predicted octanol–water partition coefficient (Wildman–Crippen LogP) is 1.96. The van der Waals surface area contributed by atoms with Crippen molar-refractivity contribution in [3.8, 4) is 0 Å². The van der Waals surface area contributed by atoms with Crippen molar-refractivity contribution in [2.24, 2.45) is 4.99 Å². The Balaban J connectivity index is 2.51. The lowest BCUT2D eigenvalue weighted by Crippen LogP contribution is -2.26. The molecule has 0 aromatic heterocycles. The number of aliphatic imine (C=N–C) groups is 1. The zero-order valence-corrected chi connectivity index (χ0v) is 8.26. The lowest BCUT2D eigenvalue weighted by Gasteiger charge is -2.08. The summed E-state index contributed by atoms with van der Waals surface area (Å²) in [5, 5.41) is 0. The highest BCUT2D eigenvalue weighted by Crippen LogP contribution is 2.06. The largest absolute Gasteiger partial charge is 0.300 e. The number of amidine groups is 1. The number of hydrogen-bond donors (Lipinski definition) is 2. The first-order valence-corrected chi connectivity index (χ1v) is 4.24. The van der Waals surface area contributed by atoms with Gasteiger partial charge in [-0.3, -0.25) is 15.8 Å². The number of hydrogen-bond acceptors (Lipinski definition) is 2. The summed E-state index contributed by atoms with van der Waals surface area (Å²) in [6, 6.07) is 8.15. The summed E-state index contributed by atoms with van der Waals surface area (Å²) < 4.78 is 0. The van der Waals surface area contributed by atoms with Crippen molar-refractivity contribution >= 4 is 11.5 Å². The van der Waals surface area contributed by atoms with Crippen LogP contribution in [0.1, 0.15) is 12.5 Å². The average molecular weight is 177 g/mol. The molecule has 70 valence electrons. The lowest BCUT2D eigenvalue weighted by molar-refractivity contribution is 1.09. The molecule has 0 radical (unpaired) electrons. The third kappa shape index (κ3) is 3.15. The summed E-state index contributed by atoms with van der Waals surface area (Å²) >= 11 is 0. The molecule has 1 rings (SSSR count). The van der Waals surface area contributed by atoms with E-state index in [1.165, 1.54) is 5.56 Å². The van der Waals surface area contributed by atoms with E-state index in [2.05, 4.69) is 34.9 Å². The van der Waals surface area contributed by atoms with E-state index in [-0.39, 0.29) is 0 Å². The molecular weight excluding hydrogens is 162 g/mol. The van der Waals surface area contributed by atoms with E-state index in [1.807, 2.05) is 19.1 Å². The first-order chi connectivity index (χ1) is 6.22. The van der Waals surface area contributed by atoms with Crippen LogP contribution in [0.25, 0.3) is 0 Å². The van der Waals surface area contributed by atoms with E-state index in [4.69, 9.17) is 0 Å². The van der Waals surface area contributed by atoms with Crippen molar-refractivity contribution in [2.75, 3.05) is 12.5 Å². The summed E-state index contributed by atoms with van der Waals surface area (Å²) in [4.78, 5) is 3.96. The van der Waals surface area contributed by atoms with Gasteiger partial charge >= 0.3 is 0 Å². The molecule has 0 unspecified atom stereocenters. The van der Waals surface area contributed by atoms with Gasteiger partial charge in [-0.1, -0.05) is 17.7 Å². The van der Waals surface area contributed by atoms with Crippen molar-refractivity contribution in [2.45, 2.75) is 13.8 Å². The van der Waals surface area contributed by atoms with E-state index in [1.54, 1.807) is 7.05 Å². The Morgan fingerprint density at radius 3 is 2.38 bits per heavy atom. The zero-order chi connectivity index (χ0) is 9.68. The Morgan fingerprint density at radius 1 is 1.23 bits per heavy atom. The standard InChI is InChI=1S/C10H15N3/c1-8-4-6-10(7-5-8)13-12-9(2)11-3/h4-7,13H,1-3H3,(H,11,12). The Hall–Kier alpha value is -1.51.